The Morgan fingerprint density at radius 2 is 1.90 bits per heavy atom. The number of amides is 1. The maximum absolute atomic E-state index is 12.2. The molecule has 2 rings (SSSR count). The van der Waals surface area contributed by atoms with Crippen LogP contribution in [0.5, 0.6) is 0 Å². The van der Waals surface area contributed by atoms with E-state index < -0.39 is 16.3 Å². The summed E-state index contributed by atoms with van der Waals surface area (Å²) in [4.78, 5) is 13.2. The van der Waals surface area contributed by atoms with Gasteiger partial charge in [-0.2, -0.15) is 12.7 Å². The molecule has 0 spiro atoms. The monoisotopic (exact) mass is 314 g/mol. The predicted molar refractivity (Wildman–Crippen MR) is 79.4 cm³/mol. The van der Waals surface area contributed by atoms with E-state index in [4.69, 9.17) is 0 Å². The molecule has 1 saturated heterocycles. The first-order chi connectivity index (χ1) is 9.48. The number of nitrogens with zero attached hydrogens (tertiary/aromatic N) is 2. The minimum atomic E-state index is -3.66. The van der Waals surface area contributed by atoms with Crippen LogP contribution >= 0.6 is 11.8 Å². The molecule has 5 nitrogen and oxygen atoms in total. The molecule has 0 radical (unpaired) electrons. The highest BCUT2D eigenvalue weighted by Gasteiger charge is 2.47. The molecule has 0 bridgehead atoms. The molecule has 1 aromatic carbocycles. The molecule has 1 aliphatic rings. The van der Waals surface area contributed by atoms with Crippen LogP contribution in [0.15, 0.2) is 35.2 Å². The normalized spacial score (nSPS) is 22.4. The summed E-state index contributed by atoms with van der Waals surface area (Å²) in [5, 5.41) is 0. The predicted octanol–water partition coefficient (Wildman–Crippen LogP) is 1.92. The third kappa shape index (κ3) is 2.84. The lowest BCUT2D eigenvalue weighted by atomic mass is 10.1. The van der Waals surface area contributed by atoms with Crippen LogP contribution in [0.3, 0.4) is 0 Å². The summed E-state index contributed by atoms with van der Waals surface area (Å²) in [5.41, 5.74) is 0. The molecule has 110 valence electrons. The van der Waals surface area contributed by atoms with E-state index in [2.05, 4.69) is 0 Å². The molecule has 1 amide bonds. The maximum Gasteiger partial charge on any atom is 0.307 e. The lowest BCUT2D eigenvalue weighted by Crippen LogP contribution is -2.32. The van der Waals surface area contributed by atoms with Gasteiger partial charge in [0.2, 0.25) is 0 Å². The van der Waals surface area contributed by atoms with Crippen LogP contribution in [-0.2, 0) is 15.0 Å². The van der Waals surface area contributed by atoms with Crippen molar-refractivity contribution in [2.75, 3.05) is 12.9 Å². The second kappa shape index (κ2) is 6.15. The average Bonchev–Trinajstić information content (AvgIpc) is 2.59. The number of carbonyl (C=O) groups excluding carboxylic acids is 1. The molecule has 0 aliphatic carbocycles. The summed E-state index contributed by atoms with van der Waals surface area (Å²) in [5.74, 6) is -0.201. The van der Waals surface area contributed by atoms with Crippen molar-refractivity contribution in [3.63, 3.8) is 0 Å². The zero-order chi connectivity index (χ0) is 14.8. The number of rotatable bonds is 5. The fourth-order valence-corrected chi connectivity index (χ4v) is 4.72. The highest BCUT2D eigenvalue weighted by molar-refractivity contribution is 8.00. The van der Waals surface area contributed by atoms with Crippen molar-refractivity contribution in [2.24, 2.45) is 0 Å². The Morgan fingerprint density at radius 1 is 1.25 bits per heavy atom. The van der Waals surface area contributed by atoms with Crippen LogP contribution in [-0.4, -0.2) is 41.9 Å². The third-order valence-corrected chi connectivity index (χ3v) is 6.27. The molecule has 0 N–H and O–H groups in total. The van der Waals surface area contributed by atoms with Crippen LogP contribution < -0.4 is 0 Å². The van der Waals surface area contributed by atoms with Gasteiger partial charge in [0.1, 0.15) is 6.04 Å². The van der Waals surface area contributed by atoms with Crippen molar-refractivity contribution < 1.29 is 13.2 Å². The second-order valence-electron chi connectivity index (χ2n) is 4.60. The van der Waals surface area contributed by atoms with Gasteiger partial charge in [0, 0.05) is 11.9 Å². The highest BCUT2D eigenvalue weighted by atomic mass is 32.2. The zero-order valence-corrected chi connectivity index (χ0v) is 13.2. The molecule has 0 saturated carbocycles. The number of carbonyl (C=O) groups is 1. The Kier molecular flexibility index (Phi) is 4.72. The molecule has 1 aromatic rings. The van der Waals surface area contributed by atoms with Gasteiger partial charge in [-0.15, -0.1) is 11.8 Å². The van der Waals surface area contributed by atoms with E-state index in [0.717, 1.165) is 15.6 Å². The summed E-state index contributed by atoms with van der Waals surface area (Å²) in [6.07, 6.45) is 1.33. The Hall–Kier alpha value is -1.05. The molecule has 20 heavy (non-hydrogen) atoms. The summed E-state index contributed by atoms with van der Waals surface area (Å²) in [7, 11) is -2.19. The van der Waals surface area contributed by atoms with Crippen molar-refractivity contribution in [1.82, 2.24) is 8.61 Å². The SMILES string of the molecule is CCCC1C(=O)N(CSc2ccccc2)S(=O)(=O)N1C. The van der Waals surface area contributed by atoms with Gasteiger partial charge in [-0.25, -0.2) is 4.31 Å². The lowest BCUT2D eigenvalue weighted by molar-refractivity contribution is -0.127. The van der Waals surface area contributed by atoms with Crippen molar-refractivity contribution >= 4 is 27.9 Å². The Labute approximate surface area is 124 Å². The Morgan fingerprint density at radius 3 is 2.50 bits per heavy atom. The first kappa shape index (κ1) is 15.3. The zero-order valence-electron chi connectivity index (χ0n) is 11.5. The van der Waals surface area contributed by atoms with Gasteiger partial charge in [-0.1, -0.05) is 31.5 Å². The number of hydrogen-bond acceptors (Lipinski definition) is 4. The quantitative estimate of drug-likeness (QED) is 0.779. The average molecular weight is 314 g/mol. The van der Waals surface area contributed by atoms with Gasteiger partial charge in [-0.3, -0.25) is 4.79 Å². The van der Waals surface area contributed by atoms with Gasteiger partial charge < -0.3 is 0 Å². The molecule has 0 aromatic heterocycles. The van der Waals surface area contributed by atoms with Crippen LogP contribution in [0.25, 0.3) is 0 Å². The topological polar surface area (TPSA) is 57.7 Å². The highest BCUT2D eigenvalue weighted by Crippen LogP contribution is 2.29. The Balaban J connectivity index is 2.13. The van der Waals surface area contributed by atoms with Gasteiger partial charge in [0.25, 0.3) is 5.91 Å². The third-order valence-electron chi connectivity index (χ3n) is 3.27. The molecular weight excluding hydrogens is 296 g/mol. The van der Waals surface area contributed by atoms with Crippen molar-refractivity contribution in [1.29, 1.82) is 0 Å². The van der Waals surface area contributed by atoms with E-state index in [1.807, 2.05) is 37.3 Å². The molecule has 1 heterocycles. The standard InChI is InChI=1S/C13H18N2O3S2/c1-3-7-12-13(16)15(20(17,18)14(12)2)10-19-11-8-5-4-6-9-11/h4-6,8-9,12H,3,7,10H2,1-2H3. The van der Waals surface area contributed by atoms with Crippen LogP contribution in [0.2, 0.25) is 0 Å². The number of likely N-dealkylation sites (N-methyl/N-ethyl adjacent to an activating group) is 1. The summed E-state index contributed by atoms with van der Waals surface area (Å²) < 4.78 is 26.6. The van der Waals surface area contributed by atoms with Crippen molar-refractivity contribution in [3.05, 3.63) is 30.3 Å². The largest absolute Gasteiger partial charge is 0.307 e. The van der Waals surface area contributed by atoms with Crippen LogP contribution in [0.4, 0.5) is 0 Å². The summed E-state index contributed by atoms with van der Waals surface area (Å²) >= 11 is 1.35. The van der Waals surface area contributed by atoms with E-state index in [1.165, 1.54) is 23.1 Å². The number of hydrogen-bond donors (Lipinski definition) is 0. The van der Waals surface area contributed by atoms with E-state index in [9.17, 15) is 13.2 Å². The molecule has 7 heteroatoms. The van der Waals surface area contributed by atoms with E-state index >= 15 is 0 Å². The van der Waals surface area contributed by atoms with Crippen LogP contribution in [0.1, 0.15) is 19.8 Å². The fourth-order valence-electron chi connectivity index (χ4n) is 2.11. The second-order valence-corrected chi connectivity index (χ2v) is 7.53. The molecule has 1 fully saturated rings. The minimum Gasteiger partial charge on any atom is -0.272 e. The molecule has 1 aliphatic heterocycles. The summed E-state index contributed by atoms with van der Waals surface area (Å²) in [6, 6.07) is 8.90. The molecular formula is C13H18N2O3S2. The Bertz CT molecular complexity index is 575. The van der Waals surface area contributed by atoms with Gasteiger partial charge in [0.15, 0.2) is 0 Å². The fraction of sp³-hybridized carbons (Fsp3) is 0.462. The lowest BCUT2D eigenvalue weighted by Gasteiger charge is -2.15. The summed E-state index contributed by atoms with van der Waals surface area (Å²) in [6.45, 7) is 1.94. The van der Waals surface area contributed by atoms with Gasteiger partial charge in [-0.05, 0) is 18.6 Å². The van der Waals surface area contributed by atoms with E-state index in [1.54, 1.807) is 0 Å². The van der Waals surface area contributed by atoms with Gasteiger partial charge >= 0.3 is 10.2 Å². The smallest absolute Gasteiger partial charge is 0.272 e. The van der Waals surface area contributed by atoms with Gasteiger partial charge in [0.05, 0.1) is 5.88 Å². The van der Waals surface area contributed by atoms with Crippen molar-refractivity contribution in [3.8, 4) is 0 Å². The number of thioether (sulfide) groups is 1. The van der Waals surface area contributed by atoms with E-state index in [-0.39, 0.29) is 11.8 Å². The van der Waals surface area contributed by atoms with E-state index in [0.29, 0.717) is 6.42 Å². The van der Waals surface area contributed by atoms with Crippen LogP contribution in [0, 0.1) is 0 Å². The molecule has 1 unspecified atom stereocenters. The minimum absolute atomic E-state index is 0.121. The first-order valence-electron chi connectivity index (χ1n) is 6.46. The maximum atomic E-state index is 12.2. The molecule has 1 atom stereocenters. The van der Waals surface area contributed by atoms with Crippen molar-refractivity contribution in [2.45, 2.75) is 30.7 Å². The first-order valence-corrected chi connectivity index (χ1v) is 8.84. The number of benzene rings is 1.